The van der Waals surface area contributed by atoms with Crippen LogP contribution in [0, 0.1) is 6.92 Å². The first-order valence-corrected chi connectivity index (χ1v) is 7.92. The normalized spacial score (nSPS) is 13.7. The third-order valence-electron chi connectivity index (χ3n) is 4.01. The Balaban J connectivity index is 1.87. The minimum atomic E-state index is 1.19. The molecule has 98 valence electrons. The highest BCUT2D eigenvalue weighted by molar-refractivity contribution is 7.19. The van der Waals surface area contributed by atoms with Crippen LogP contribution in [-0.2, 0) is 6.42 Å². The summed E-state index contributed by atoms with van der Waals surface area (Å²) in [6.07, 6.45) is 6.97. The van der Waals surface area contributed by atoms with Gasteiger partial charge in [0.05, 0.1) is 0 Å². The number of allylic oxidation sites excluding steroid dienone is 1. The first-order chi connectivity index (χ1) is 9.81. The van der Waals surface area contributed by atoms with Crippen molar-refractivity contribution in [2.24, 2.45) is 0 Å². The van der Waals surface area contributed by atoms with Gasteiger partial charge in [-0.2, -0.15) is 0 Å². The molecule has 1 aromatic heterocycles. The molecule has 0 atom stereocenters. The molecule has 1 aliphatic rings. The van der Waals surface area contributed by atoms with Crippen LogP contribution in [0.1, 0.15) is 22.4 Å². The number of thiophene rings is 1. The summed E-state index contributed by atoms with van der Waals surface area (Å²) < 4.78 is 1.42. The largest absolute Gasteiger partial charge is 0.140 e. The Kier molecular flexibility index (Phi) is 2.75. The average Bonchev–Trinajstić information content (AvgIpc) is 2.85. The van der Waals surface area contributed by atoms with Crippen LogP contribution in [0.25, 0.3) is 27.3 Å². The number of fused-ring (bicyclic) bond motifs is 3. The predicted octanol–water partition coefficient (Wildman–Crippen LogP) is 5.84. The van der Waals surface area contributed by atoms with E-state index < -0.39 is 0 Å². The van der Waals surface area contributed by atoms with Gasteiger partial charge in [-0.1, -0.05) is 54.1 Å². The van der Waals surface area contributed by atoms with Gasteiger partial charge in [-0.25, -0.2) is 0 Å². The summed E-state index contributed by atoms with van der Waals surface area (Å²) in [6.45, 7) is 2.13. The molecule has 0 bridgehead atoms. The van der Waals surface area contributed by atoms with E-state index in [1.165, 1.54) is 45.2 Å². The molecule has 0 N–H and O–H groups in total. The number of benzene rings is 2. The summed E-state index contributed by atoms with van der Waals surface area (Å²) >= 11 is 1.96. The van der Waals surface area contributed by atoms with Gasteiger partial charge in [-0.05, 0) is 47.9 Å². The average molecular weight is 276 g/mol. The zero-order chi connectivity index (χ0) is 13.5. The number of aryl methyl sites for hydroxylation is 2. The molecule has 0 fully saturated rings. The molecule has 0 aliphatic heterocycles. The number of hydrogen-bond donors (Lipinski definition) is 0. The van der Waals surface area contributed by atoms with Crippen molar-refractivity contribution < 1.29 is 0 Å². The van der Waals surface area contributed by atoms with Crippen LogP contribution < -0.4 is 0 Å². The minimum absolute atomic E-state index is 1.19. The first-order valence-electron chi connectivity index (χ1n) is 7.10. The summed E-state index contributed by atoms with van der Waals surface area (Å²) in [6, 6.07) is 15.7. The van der Waals surface area contributed by atoms with Crippen molar-refractivity contribution in [3.63, 3.8) is 0 Å². The molecule has 0 radical (unpaired) electrons. The van der Waals surface area contributed by atoms with Gasteiger partial charge < -0.3 is 0 Å². The van der Waals surface area contributed by atoms with E-state index in [0.29, 0.717) is 0 Å². The summed E-state index contributed by atoms with van der Waals surface area (Å²) in [5, 5.41) is 1.41. The van der Waals surface area contributed by atoms with Crippen LogP contribution in [-0.4, -0.2) is 0 Å². The SMILES string of the molecule is Cc1ccc(-c2ccc3c4c(sc3c2)CCC=C4)cc1. The zero-order valence-electron chi connectivity index (χ0n) is 11.5. The van der Waals surface area contributed by atoms with Crippen LogP contribution in [0.2, 0.25) is 0 Å². The number of rotatable bonds is 1. The molecule has 4 rings (SSSR count). The molecule has 0 saturated carbocycles. The molecule has 0 saturated heterocycles. The van der Waals surface area contributed by atoms with E-state index in [1.54, 1.807) is 4.88 Å². The van der Waals surface area contributed by atoms with E-state index in [4.69, 9.17) is 0 Å². The molecule has 1 heteroatoms. The second-order valence-corrected chi connectivity index (χ2v) is 6.59. The maximum Gasteiger partial charge on any atom is 0.0358 e. The highest BCUT2D eigenvalue weighted by Gasteiger charge is 2.12. The van der Waals surface area contributed by atoms with Crippen LogP contribution in [0.4, 0.5) is 0 Å². The fraction of sp³-hybridized carbons (Fsp3) is 0.158. The number of hydrogen-bond acceptors (Lipinski definition) is 1. The smallest absolute Gasteiger partial charge is 0.0358 e. The van der Waals surface area contributed by atoms with Crippen molar-refractivity contribution in [2.75, 3.05) is 0 Å². The molecule has 0 unspecified atom stereocenters. The Morgan fingerprint density at radius 1 is 0.950 bits per heavy atom. The van der Waals surface area contributed by atoms with Gasteiger partial charge in [0, 0.05) is 9.58 Å². The molecule has 2 aromatic carbocycles. The Bertz CT molecular complexity index is 804. The topological polar surface area (TPSA) is 0 Å². The Hall–Kier alpha value is -1.86. The van der Waals surface area contributed by atoms with Crippen molar-refractivity contribution in [2.45, 2.75) is 19.8 Å². The second-order valence-electron chi connectivity index (χ2n) is 5.46. The molecule has 0 nitrogen and oxygen atoms in total. The van der Waals surface area contributed by atoms with E-state index in [0.717, 1.165) is 0 Å². The summed E-state index contributed by atoms with van der Waals surface area (Å²) in [7, 11) is 0. The molecule has 0 spiro atoms. The van der Waals surface area contributed by atoms with E-state index in [1.807, 2.05) is 11.3 Å². The first kappa shape index (κ1) is 11.9. The van der Waals surface area contributed by atoms with Crippen molar-refractivity contribution in [3.8, 4) is 11.1 Å². The van der Waals surface area contributed by atoms with Gasteiger partial charge >= 0.3 is 0 Å². The third-order valence-corrected chi connectivity index (χ3v) is 5.24. The van der Waals surface area contributed by atoms with Gasteiger partial charge in [-0.3, -0.25) is 0 Å². The van der Waals surface area contributed by atoms with Crippen LogP contribution in [0.3, 0.4) is 0 Å². The fourth-order valence-corrected chi connectivity index (χ4v) is 4.12. The molecular formula is C19H16S. The molecule has 0 amide bonds. The zero-order valence-corrected chi connectivity index (χ0v) is 12.3. The maximum absolute atomic E-state index is 2.34. The lowest BCUT2D eigenvalue weighted by Gasteiger charge is -2.04. The lowest BCUT2D eigenvalue weighted by atomic mass is 9.99. The lowest BCUT2D eigenvalue weighted by Crippen LogP contribution is -1.86. The molecule has 1 aliphatic carbocycles. The monoisotopic (exact) mass is 276 g/mol. The molecule has 3 aromatic rings. The third kappa shape index (κ3) is 1.90. The lowest BCUT2D eigenvalue weighted by molar-refractivity contribution is 1.02. The Labute approximate surface area is 123 Å². The van der Waals surface area contributed by atoms with Crippen molar-refractivity contribution >= 4 is 27.5 Å². The van der Waals surface area contributed by atoms with Crippen LogP contribution in [0.15, 0.2) is 48.5 Å². The predicted molar refractivity (Wildman–Crippen MR) is 89.4 cm³/mol. The van der Waals surface area contributed by atoms with E-state index >= 15 is 0 Å². The van der Waals surface area contributed by atoms with E-state index in [2.05, 4.69) is 61.5 Å². The Morgan fingerprint density at radius 3 is 2.60 bits per heavy atom. The van der Waals surface area contributed by atoms with Crippen molar-refractivity contribution in [3.05, 3.63) is 64.5 Å². The summed E-state index contributed by atoms with van der Waals surface area (Å²) in [4.78, 5) is 1.54. The second kappa shape index (κ2) is 4.60. The maximum atomic E-state index is 2.34. The van der Waals surface area contributed by atoms with Crippen molar-refractivity contribution in [1.82, 2.24) is 0 Å². The Morgan fingerprint density at radius 2 is 1.75 bits per heavy atom. The standard InChI is InChI=1S/C19H16S/c1-13-6-8-14(9-7-13)15-10-11-17-16-4-2-3-5-18(16)20-19(17)12-15/h2,4,6-12H,3,5H2,1H3. The highest BCUT2D eigenvalue weighted by atomic mass is 32.1. The van der Waals surface area contributed by atoms with Crippen molar-refractivity contribution in [1.29, 1.82) is 0 Å². The van der Waals surface area contributed by atoms with Gasteiger partial charge in [0.15, 0.2) is 0 Å². The van der Waals surface area contributed by atoms with Gasteiger partial charge in [0.2, 0.25) is 0 Å². The van der Waals surface area contributed by atoms with Gasteiger partial charge in [0.25, 0.3) is 0 Å². The highest BCUT2D eigenvalue weighted by Crippen LogP contribution is 2.37. The van der Waals surface area contributed by atoms with Gasteiger partial charge in [-0.15, -0.1) is 11.3 Å². The molecular weight excluding hydrogens is 260 g/mol. The quantitative estimate of drug-likeness (QED) is 0.524. The van der Waals surface area contributed by atoms with E-state index in [9.17, 15) is 0 Å². The summed E-state index contributed by atoms with van der Waals surface area (Å²) in [5.41, 5.74) is 5.39. The van der Waals surface area contributed by atoms with Crippen LogP contribution >= 0.6 is 11.3 Å². The van der Waals surface area contributed by atoms with Gasteiger partial charge in [0.1, 0.15) is 0 Å². The summed E-state index contributed by atoms with van der Waals surface area (Å²) in [5.74, 6) is 0. The van der Waals surface area contributed by atoms with E-state index in [-0.39, 0.29) is 0 Å². The molecule has 20 heavy (non-hydrogen) atoms. The minimum Gasteiger partial charge on any atom is -0.140 e. The fourth-order valence-electron chi connectivity index (χ4n) is 2.88. The molecule has 1 heterocycles. The van der Waals surface area contributed by atoms with Crippen LogP contribution in [0.5, 0.6) is 0 Å².